The van der Waals surface area contributed by atoms with E-state index >= 15 is 0 Å². The van der Waals surface area contributed by atoms with Gasteiger partial charge in [-0.1, -0.05) is 54.2 Å². The summed E-state index contributed by atoms with van der Waals surface area (Å²) in [6.45, 7) is 4.45. The van der Waals surface area contributed by atoms with Crippen molar-refractivity contribution < 1.29 is 9.32 Å². The van der Waals surface area contributed by atoms with Crippen LogP contribution in [0.3, 0.4) is 0 Å². The molecular formula is C27H33N5O2. The summed E-state index contributed by atoms with van der Waals surface area (Å²) in [4.78, 5) is 24.3. The van der Waals surface area contributed by atoms with Crippen LogP contribution in [-0.2, 0) is 4.79 Å². The van der Waals surface area contributed by atoms with Gasteiger partial charge in [-0.25, -0.2) is 4.98 Å². The summed E-state index contributed by atoms with van der Waals surface area (Å²) < 4.78 is 5.62. The second-order valence-electron chi connectivity index (χ2n) is 9.67. The molecule has 2 aliphatic rings. The van der Waals surface area contributed by atoms with Crippen LogP contribution in [0, 0.1) is 18.8 Å². The SMILES string of the molecule is Cc1ccc(-c2noc(-c3cccnc3N3CCC(C(=O)NCC4CCCCC4)CC3)n2)cc1. The Morgan fingerprint density at radius 2 is 1.82 bits per heavy atom. The Balaban J connectivity index is 1.22. The molecule has 1 amide bonds. The van der Waals surface area contributed by atoms with Crippen LogP contribution in [0.15, 0.2) is 47.1 Å². The highest BCUT2D eigenvalue weighted by Crippen LogP contribution is 2.32. The van der Waals surface area contributed by atoms with Gasteiger partial charge in [0.05, 0.1) is 5.56 Å². The number of piperidine rings is 1. The maximum Gasteiger partial charge on any atom is 0.261 e. The maximum atomic E-state index is 12.8. The lowest BCUT2D eigenvalue weighted by molar-refractivity contribution is -0.125. The normalized spacial score (nSPS) is 17.6. The minimum atomic E-state index is 0.0727. The monoisotopic (exact) mass is 459 g/mol. The van der Waals surface area contributed by atoms with Crippen molar-refractivity contribution in [2.24, 2.45) is 11.8 Å². The minimum absolute atomic E-state index is 0.0727. The fraction of sp³-hybridized carbons (Fsp3) is 0.481. The first-order chi connectivity index (χ1) is 16.7. The molecule has 0 atom stereocenters. The topological polar surface area (TPSA) is 84.2 Å². The van der Waals surface area contributed by atoms with Crippen LogP contribution in [0.2, 0.25) is 0 Å². The van der Waals surface area contributed by atoms with Crippen LogP contribution < -0.4 is 10.2 Å². The number of hydrogen-bond donors (Lipinski definition) is 1. The van der Waals surface area contributed by atoms with Crippen LogP contribution >= 0.6 is 0 Å². The highest BCUT2D eigenvalue weighted by Gasteiger charge is 2.28. The number of carbonyl (C=O) groups is 1. The fourth-order valence-electron chi connectivity index (χ4n) is 5.10. The van der Waals surface area contributed by atoms with Crippen LogP contribution in [0.4, 0.5) is 5.82 Å². The quantitative estimate of drug-likeness (QED) is 0.557. The number of nitrogens with zero attached hydrogens (tertiary/aromatic N) is 4. The molecule has 0 radical (unpaired) electrons. The Morgan fingerprint density at radius 1 is 1.06 bits per heavy atom. The van der Waals surface area contributed by atoms with E-state index in [4.69, 9.17) is 4.52 Å². The molecule has 2 aromatic heterocycles. The van der Waals surface area contributed by atoms with Crippen molar-refractivity contribution in [2.45, 2.75) is 51.9 Å². The lowest BCUT2D eigenvalue weighted by atomic mass is 9.89. The molecule has 3 aromatic rings. The number of pyridine rings is 1. The molecule has 5 rings (SSSR count). The van der Waals surface area contributed by atoms with E-state index in [-0.39, 0.29) is 11.8 Å². The van der Waals surface area contributed by atoms with E-state index in [0.29, 0.717) is 17.6 Å². The molecule has 1 aliphatic heterocycles. The van der Waals surface area contributed by atoms with Gasteiger partial charge in [0.1, 0.15) is 5.82 Å². The van der Waals surface area contributed by atoms with Gasteiger partial charge in [0, 0.05) is 37.3 Å². The van der Waals surface area contributed by atoms with Crippen LogP contribution in [0.1, 0.15) is 50.5 Å². The maximum absolute atomic E-state index is 12.8. The van der Waals surface area contributed by atoms with Crippen molar-refractivity contribution in [3.63, 3.8) is 0 Å². The second-order valence-corrected chi connectivity index (χ2v) is 9.67. The van der Waals surface area contributed by atoms with E-state index in [1.165, 1.54) is 37.7 Å². The third kappa shape index (κ3) is 5.13. The van der Waals surface area contributed by atoms with Gasteiger partial charge >= 0.3 is 0 Å². The lowest BCUT2D eigenvalue weighted by Crippen LogP contribution is -2.42. The zero-order valence-electron chi connectivity index (χ0n) is 19.9. The molecule has 0 spiro atoms. The molecule has 0 unspecified atom stereocenters. The molecule has 34 heavy (non-hydrogen) atoms. The average molecular weight is 460 g/mol. The minimum Gasteiger partial charge on any atom is -0.356 e. The molecule has 7 nitrogen and oxygen atoms in total. The first-order valence-corrected chi connectivity index (χ1v) is 12.6. The van der Waals surface area contributed by atoms with Gasteiger partial charge in [-0.15, -0.1) is 0 Å². The summed E-state index contributed by atoms with van der Waals surface area (Å²) in [6.07, 6.45) is 9.89. The summed E-state index contributed by atoms with van der Waals surface area (Å²) >= 11 is 0. The predicted octanol–water partition coefficient (Wildman–Crippen LogP) is 5.02. The number of amides is 1. The third-order valence-corrected chi connectivity index (χ3v) is 7.21. The first kappa shape index (κ1) is 22.6. The van der Waals surface area contributed by atoms with Gasteiger partial charge in [-0.2, -0.15) is 4.98 Å². The van der Waals surface area contributed by atoms with Crippen molar-refractivity contribution in [1.29, 1.82) is 0 Å². The number of rotatable bonds is 6. The van der Waals surface area contributed by atoms with Gasteiger partial charge in [0.15, 0.2) is 0 Å². The third-order valence-electron chi connectivity index (χ3n) is 7.21. The van der Waals surface area contributed by atoms with E-state index in [1.54, 1.807) is 6.20 Å². The molecule has 1 aliphatic carbocycles. The number of nitrogens with one attached hydrogen (secondary N) is 1. The summed E-state index contributed by atoms with van der Waals surface area (Å²) in [7, 11) is 0. The van der Waals surface area contributed by atoms with Gasteiger partial charge in [0.2, 0.25) is 11.7 Å². The largest absolute Gasteiger partial charge is 0.356 e. The van der Waals surface area contributed by atoms with Crippen molar-refractivity contribution >= 4 is 11.7 Å². The summed E-state index contributed by atoms with van der Waals surface area (Å²) in [5.41, 5.74) is 2.94. The smallest absolute Gasteiger partial charge is 0.261 e. The fourth-order valence-corrected chi connectivity index (χ4v) is 5.10. The van der Waals surface area contributed by atoms with Gasteiger partial charge in [-0.05, 0) is 50.7 Å². The number of anilines is 1. The number of carbonyl (C=O) groups excluding carboxylic acids is 1. The van der Waals surface area contributed by atoms with Crippen molar-refractivity contribution in [3.05, 3.63) is 48.2 Å². The molecule has 1 N–H and O–H groups in total. The van der Waals surface area contributed by atoms with E-state index in [2.05, 4.69) is 32.3 Å². The Bertz CT molecular complexity index is 1100. The van der Waals surface area contributed by atoms with Crippen molar-refractivity contribution in [2.75, 3.05) is 24.5 Å². The first-order valence-electron chi connectivity index (χ1n) is 12.6. The molecular weight excluding hydrogens is 426 g/mol. The highest BCUT2D eigenvalue weighted by molar-refractivity contribution is 5.79. The highest BCUT2D eigenvalue weighted by atomic mass is 16.5. The number of benzene rings is 1. The van der Waals surface area contributed by atoms with Crippen LogP contribution in [0.25, 0.3) is 22.8 Å². The second kappa shape index (κ2) is 10.4. The van der Waals surface area contributed by atoms with Gasteiger partial charge in [0.25, 0.3) is 5.89 Å². The van der Waals surface area contributed by atoms with E-state index in [1.807, 2.05) is 36.4 Å². The van der Waals surface area contributed by atoms with Crippen LogP contribution in [-0.4, -0.2) is 40.7 Å². The Morgan fingerprint density at radius 3 is 2.59 bits per heavy atom. The average Bonchev–Trinajstić information content (AvgIpc) is 3.39. The number of hydrogen-bond acceptors (Lipinski definition) is 6. The zero-order valence-corrected chi connectivity index (χ0v) is 19.9. The van der Waals surface area contributed by atoms with E-state index in [0.717, 1.165) is 49.4 Å². The predicted molar refractivity (Wildman–Crippen MR) is 132 cm³/mol. The van der Waals surface area contributed by atoms with Crippen molar-refractivity contribution in [3.8, 4) is 22.8 Å². The zero-order chi connectivity index (χ0) is 23.3. The Hall–Kier alpha value is -3.22. The number of aryl methyl sites for hydroxylation is 1. The van der Waals surface area contributed by atoms with E-state index in [9.17, 15) is 4.79 Å². The van der Waals surface area contributed by atoms with Crippen LogP contribution in [0.5, 0.6) is 0 Å². The summed E-state index contributed by atoms with van der Waals surface area (Å²) in [5.74, 6) is 2.81. The molecule has 2 fully saturated rings. The molecule has 1 saturated heterocycles. The molecule has 1 saturated carbocycles. The molecule has 0 bridgehead atoms. The molecule has 3 heterocycles. The molecule has 1 aromatic carbocycles. The molecule has 7 heteroatoms. The van der Waals surface area contributed by atoms with Gasteiger partial charge < -0.3 is 14.7 Å². The summed E-state index contributed by atoms with van der Waals surface area (Å²) in [5, 5.41) is 7.42. The lowest BCUT2D eigenvalue weighted by Gasteiger charge is -2.33. The Kier molecular flexibility index (Phi) is 6.88. The Labute approximate surface area is 201 Å². The standard InChI is InChI=1S/C27H33N5O2/c1-19-9-11-21(12-10-19)24-30-27(34-31-24)23-8-5-15-28-25(23)32-16-13-22(14-17-32)26(33)29-18-20-6-3-2-4-7-20/h5,8-12,15,20,22H,2-4,6-7,13-14,16-18H2,1H3,(H,29,33). The van der Waals surface area contributed by atoms with Crippen molar-refractivity contribution in [1.82, 2.24) is 20.4 Å². The summed E-state index contributed by atoms with van der Waals surface area (Å²) in [6, 6.07) is 11.9. The molecule has 178 valence electrons. The number of aromatic nitrogens is 3. The van der Waals surface area contributed by atoms with E-state index < -0.39 is 0 Å². The van der Waals surface area contributed by atoms with Gasteiger partial charge in [-0.3, -0.25) is 4.79 Å².